The standard InChI is InChI=1S/C35H28N6O15S4/c1-17-11-23(57(45,46)47)5-9-27(17)38-40-31-29(59(51,52)53)15-19-13-21(3-7-25(19)33(31)42)36-35(44)37-22-4-8-26-20(14-22)16-30(60(54,55)56)32(34(26)43)41-39-28-10-6-24(12-18(28)2)58(48,49)50/h3-16,38-39H,1-2H3,(H2,36,37,44)(H,45,46,47)(H,48,49,50)(H,51,52,53)(H,54,55,56)/b40-31+,41-32+. The molecule has 0 spiro atoms. The van der Waals surface area contributed by atoms with Crippen molar-refractivity contribution in [2.45, 2.75) is 23.6 Å². The smallest absolute Gasteiger partial charge is 0.308 e. The van der Waals surface area contributed by atoms with Crippen molar-refractivity contribution in [2.24, 2.45) is 10.2 Å². The van der Waals surface area contributed by atoms with Crippen LogP contribution in [-0.4, -0.2) is 80.9 Å². The van der Waals surface area contributed by atoms with Crippen LogP contribution >= 0.6 is 0 Å². The van der Waals surface area contributed by atoms with Crippen molar-refractivity contribution in [3.63, 3.8) is 0 Å². The largest absolute Gasteiger partial charge is 0.323 e. The second-order valence-electron chi connectivity index (χ2n) is 12.9. The number of urea groups is 1. The number of ketones is 2. The first-order chi connectivity index (χ1) is 27.8. The molecule has 4 aromatic carbocycles. The quantitative estimate of drug-likeness (QED) is 0.0815. The number of carbonyl (C=O) groups excluding carboxylic acids is 3. The molecule has 2 aliphatic rings. The Balaban J connectivity index is 1.21. The lowest BCUT2D eigenvalue weighted by atomic mass is 9.94. The van der Waals surface area contributed by atoms with Crippen LogP contribution in [0.15, 0.2) is 103 Å². The number of Topliss-reactive ketones (excluding diaryl/α,β-unsaturated/α-hetero) is 2. The number of hydrazone groups is 2. The Morgan fingerprint density at radius 3 is 1.20 bits per heavy atom. The molecule has 0 saturated heterocycles. The van der Waals surface area contributed by atoms with E-state index in [-0.39, 0.29) is 56.1 Å². The zero-order chi connectivity index (χ0) is 44.1. The van der Waals surface area contributed by atoms with E-state index >= 15 is 0 Å². The molecule has 0 aromatic heterocycles. The summed E-state index contributed by atoms with van der Waals surface area (Å²) in [6.45, 7) is 2.89. The van der Waals surface area contributed by atoms with Crippen LogP contribution in [0.3, 0.4) is 0 Å². The van der Waals surface area contributed by atoms with Gasteiger partial charge in [0.05, 0.1) is 21.2 Å². The molecule has 8 N–H and O–H groups in total. The maximum Gasteiger partial charge on any atom is 0.323 e. The van der Waals surface area contributed by atoms with Crippen LogP contribution in [0.4, 0.5) is 27.5 Å². The Kier molecular flexibility index (Phi) is 11.2. The van der Waals surface area contributed by atoms with Crippen LogP contribution in [0.5, 0.6) is 0 Å². The summed E-state index contributed by atoms with van der Waals surface area (Å²) in [7, 11) is -19.2. The number of amides is 2. The zero-order valence-corrected chi connectivity index (χ0v) is 33.7. The van der Waals surface area contributed by atoms with Gasteiger partial charge in [0.2, 0.25) is 11.6 Å². The van der Waals surface area contributed by atoms with Crippen LogP contribution in [0, 0.1) is 13.8 Å². The number of carbonyl (C=O) groups is 3. The number of anilines is 4. The molecule has 25 heteroatoms. The third-order valence-corrected chi connectivity index (χ3v) is 12.1. The highest BCUT2D eigenvalue weighted by molar-refractivity contribution is 7.91. The summed E-state index contributed by atoms with van der Waals surface area (Å²) in [5, 5.41) is 12.6. The topological polar surface area (TPSA) is 342 Å². The van der Waals surface area contributed by atoms with E-state index < -0.39 is 89.1 Å². The van der Waals surface area contributed by atoms with Crippen molar-refractivity contribution in [3.05, 3.63) is 116 Å². The number of allylic oxidation sites excluding steroid dienone is 2. The van der Waals surface area contributed by atoms with Crippen molar-refractivity contribution in [2.75, 3.05) is 21.5 Å². The van der Waals surface area contributed by atoms with Gasteiger partial charge in [-0.1, -0.05) is 0 Å². The van der Waals surface area contributed by atoms with Crippen LogP contribution in [-0.2, 0) is 40.5 Å². The molecular formula is C35H28N6O15S4. The number of rotatable bonds is 10. The minimum absolute atomic E-state index is 0.0240. The molecule has 0 fully saturated rings. The number of nitrogens with zero attached hydrogens (tertiary/aromatic N) is 2. The zero-order valence-electron chi connectivity index (χ0n) is 30.4. The summed E-state index contributed by atoms with van der Waals surface area (Å²) in [6.07, 6.45) is 1.86. The molecule has 0 aliphatic heterocycles. The summed E-state index contributed by atoms with van der Waals surface area (Å²) in [5.74, 6) is -1.91. The minimum atomic E-state index is -5.08. The Hall–Kier alpha value is -6.45. The second kappa shape index (κ2) is 15.6. The van der Waals surface area contributed by atoms with Gasteiger partial charge in [-0.3, -0.25) is 38.7 Å². The number of hydrogen-bond acceptors (Lipinski definition) is 15. The van der Waals surface area contributed by atoms with Crippen LogP contribution in [0.25, 0.3) is 12.2 Å². The van der Waals surface area contributed by atoms with Gasteiger partial charge in [-0.25, -0.2) is 4.79 Å². The molecule has 6 rings (SSSR count). The van der Waals surface area contributed by atoms with Crippen molar-refractivity contribution < 1.29 is 66.3 Å². The Labute approximate surface area is 340 Å². The highest BCUT2D eigenvalue weighted by Crippen LogP contribution is 2.31. The van der Waals surface area contributed by atoms with Crippen molar-refractivity contribution in [1.29, 1.82) is 0 Å². The number of benzene rings is 4. The fourth-order valence-electron chi connectivity index (χ4n) is 5.81. The summed E-state index contributed by atoms with van der Waals surface area (Å²) >= 11 is 0. The average Bonchev–Trinajstić information content (AvgIpc) is 3.13. The van der Waals surface area contributed by atoms with Crippen molar-refractivity contribution in [3.8, 4) is 0 Å². The third-order valence-electron chi connectivity index (χ3n) is 8.70. The van der Waals surface area contributed by atoms with Gasteiger partial charge in [-0.15, -0.1) is 0 Å². The lowest BCUT2D eigenvalue weighted by Gasteiger charge is -2.18. The molecule has 4 aromatic rings. The van der Waals surface area contributed by atoms with Gasteiger partial charge in [0.15, 0.2) is 11.4 Å². The van der Waals surface area contributed by atoms with Gasteiger partial charge in [0.25, 0.3) is 40.5 Å². The molecule has 21 nitrogen and oxygen atoms in total. The summed E-state index contributed by atoms with van der Waals surface area (Å²) < 4.78 is 134. The van der Waals surface area contributed by atoms with E-state index in [1.165, 1.54) is 62.4 Å². The van der Waals surface area contributed by atoms with E-state index in [4.69, 9.17) is 0 Å². The molecule has 0 radical (unpaired) electrons. The predicted octanol–water partition coefficient (Wildman–Crippen LogP) is 4.23. The Morgan fingerprint density at radius 1 is 0.517 bits per heavy atom. The van der Waals surface area contributed by atoms with E-state index in [2.05, 4.69) is 31.7 Å². The third kappa shape index (κ3) is 9.22. The van der Waals surface area contributed by atoms with Gasteiger partial charge in [0, 0.05) is 22.5 Å². The monoisotopic (exact) mass is 900 g/mol. The normalized spacial score (nSPS) is 15.8. The van der Waals surface area contributed by atoms with Crippen molar-refractivity contribution >= 4 is 104 Å². The van der Waals surface area contributed by atoms with E-state index in [1.54, 1.807) is 0 Å². The highest BCUT2D eigenvalue weighted by Gasteiger charge is 2.35. The van der Waals surface area contributed by atoms with E-state index in [0.717, 1.165) is 36.4 Å². The van der Waals surface area contributed by atoms with E-state index in [0.29, 0.717) is 0 Å². The van der Waals surface area contributed by atoms with E-state index in [9.17, 15) is 66.3 Å². The lowest BCUT2D eigenvalue weighted by Crippen LogP contribution is -2.27. The number of nitrogens with one attached hydrogen (secondary N) is 4. The van der Waals surface area contributed by atoms with Crippen LogP contribution < -0.4 is 21.5 Å². The first-order valence-electron chi connectivity index (χ1n) is 16.5. The van der Waals surface area contributed by atoms with Gasteiger partial charge in [-0.2, -0.15) is 43.9 Å². The SMILES string of the molecule is Cc1cc(S(=O)(=O)O)ccc1N/N=C1/C(=O)c2ccc(NC(=O)Nc3ccc4c(c3)C=C(S(=O)(=O)O)/C(=N\Nc3ccc(S(=O)(=O)O)cc3C)C4=O)cc2C=C1S(=O)(=O)O. The van der Waals surface area contributed by atoms with Gasteiger partial charge < -0.3 is 10.6 Å². The number of aryl methyl sites for hydroxylation is 2. The maximum atomic E-state index is 13.4. The Morgan fingerprint density at radius 2 is 0.883 bits per heavy atom. The minimum Gasteiger partial charge on any atom is -0.308 e. The summed E-state index contributed by atoms with van der Waals surface area (Å²) in [4.78, 5) is 37.2. The molecule has 2 amide bonds. The molecule has 60 heavy (non-hydrogen) atoms. The first-order valence-corrected chi connectivity index (χ1v) is 22.3. The van der Waals surface area contributed by atoms with Crippen molar-refractivity contribution in [1.82, 2.24) is 0 Å². The van der Waals surface area contributed by atoms with Crippen LogP contribution in [0.2, 0.25) is 0 Å². The molecule has 0 atom stereocenters. The van der Waals surface area contributed by atoms with Gasteiger partial charge in [0.1, 0.15) is 9.81 Å². The molecule has 0 bridgehead atoms. The van der Waals surface area contributed by atoms with E-state index in [1.807, 2.05) is 0 Å². The molecule has 0 unspecified atom stereocenters. The van der Waals surface area contributed by atoms with Gasteiger partial charge >= 0.3 is 6.03 Å². The maximum absolute atomic E-state index is 13.4. The van der Waals surface area contributed by atoms with Gasteiger partial charge in [-0.05, 0) is 121 Å². The highest BCUT2D eigenvalue weighted by atomic mass is 32.2. The van der Waals surface area contributed by atoms with Crippen LogP contribution in [0.1, 0.15) is 43.0 Å². The summed E-state index contributed by atoms with van der Waals surface area (Å²) in [6, 6.07) is 13.2. The number of hydrogen-bond donors (Lipinski definition) is 8. The summed E-state index contributed by atoms with van der Waals surface area (Å²) in [5.41, 5.74) is 3.96. The fourth-order valence-corrected chi connectivity index (χ4v) is 8.25. The second-order valence-corrected chi connectivity index (χ2v) is 18.5. The lowest BCUT2D eigenvalue weighted by molar-refractivity contribution is 0.105. The molecule has 0 saturated carbocycles. The number of fused-ring (bicyclic) bond motifs is 2. The fraction of sp³-hybridized carbons (Fsp3) is 0.0571. The molecule has 312 valence electrons. The Bertz CT molecular complexity index is 2970. The molecule has 0 heterocycles. The predicted molar refractivity (Wildman–Crippen MR) is 217 cm³/mol. The average molecular weight is 901 g/mol. The molecular weight excluding hydrogens is 873 g/mol. The molecule has 2 aliphatic carbocycles. The first kappa shape index (κ1) is 43.1.